The molecule has 144 valence electrons. The van der Waals surface area contributed by atoms with Crippen molar-refractivity contribution < 1.29 is 14.1 Å². The van der Waals surface area contributed by atoms with Gasteiger partial charge in [-0.3, -0.25) is 10.1 Å². The van der Waals surface area contributed by atoms with Crippen LogP contribution in [0.25, 0.3) is 11.6 Å². The monoisotopic (exact) mass is 452 g/mol. The van der Waals surface area contributed by atoms with Gasteiger partial charge in [0.1, 0.15) is 18.2 Å². The lowest BCUT2D eigenvalue weighted by molar-refractivity contribution is -0.384. The molecule has 29 heavy (non-hydrogen) atoms. The van der Waals surface area contributed by atoms with Crippen molar-refractivity contribution in [1.29, 1.82) is 5.26 Å². The third-order valence-corrected chi connectivity index (χ3v) is 4.57. The van der Waals surface area contributed by atoms with Crippen molar-refractivity contribution in [3.05, 3.63) is 104 Å². The van der Waals surface area contributed by atoms with Gasteiger partial charge in [-0.1, -0.05) is 46.3 Å². The van der Waals surface area contributed by atoms with Gasteiger partial charge in [-0.05, 0) is 35.9 Å². The van der Waals surface area contributed by atoms with E-state index in [9.17, 15) is 19.8 Å². The van der Waals surface area contributed by atoms with Crippen LogP contribution >= 0.6 is 15.9 Å². The molecule has 0 aliphatic rings. The minimum atomic E-state index is -0.491. The van der Waals surface area contributed by atoms with Crippen LogP contribution < -0.4 is 4.74 Å². The first-order valence-corrected chi connectivity index (χ1v) is 9.29. The van der Waals surface area contributed by atoms with Crippen molar-refractivity contribution >= 4 is 33.3 Å². The summed E-state index contributed by atoms with van der Waals surface area (Å²) in [4.78, 5) is 10.5. The number of allylic oxidation sites excluding steroid dienone is 1. The molecule has 0 amide bonds. The number of nitro groups is 1. The maximum absolute atomic E-state index is 14.1. The minimum absolute atomic E-state index is 0.0201. The van der Waals surface area contributed by atoms with E-state index in [4.69, 9.17) is 4.74 Å². The maximum atomic E-state index is 14.1. The quantitative estimate of drug-likeness (QED) is 0.195. The average Bonchev–Trinajstić information content (AvgIpc) is 2.72. The molecular weight excluding hydrogens is 439 g/mol. The van der Waals surface area contributed by atoms with E-state index in [1.807, 2.05) is 6.07 Å². The minimum Gasteiger partial charge on any atom is -0.488 e. The van der Waals surface area contributed by atoms with Crippen molar-refractivity contribution in [2.45, 2.75) is 6.61 Å². The fourth-order valence-electron chi connectivity index (χ4n) is 2.69. The number of hydrogen-bond acceptors (Lipinski definition) is 4. The second-order valence-corrected chi connectivity index (χ2v) is 6.96. The number of nitriles is 1. The van der Waals surface area contributed by atoms with E-state index in [-0.39, 0.29) is 23.4 Å². The van der Waals surface area contributed by atoms with Crippen molar-refractivity contribution in [2.24, 2.45) is 0 Å². The fraction of sp³-hybridized carbons (Fsp3) is 0.0455. The van der Waals surface area contributed by atoms with E-state index >= 15 is 0 Å². The van der Waals surface area contributed by atoms with Crippen LogP contribution in [0.15, 0.2) is 71.2 Å². The van der Waals surface area contributed by atoms with Crippen LogP contribution in [0, 0.1) is 27.3 Å². The lowest BCUT2D eigenvalue weighted by Crippen LogP contribution is -1.98. The summed E-state index contributed by atoms with van der Waals surface area (Å²) < 4.78 is 20.7. The van der Waals surface area contributed by atoms with Gasteiger partial charge in [0, 0.05) is 27.7 Å². The number of halogens is 2. The molecule has 7 heteroatoms. The SMILES string of the molecule is N#CC(=Cc1cc(Br)ccc1OCc1cccc([N+](=O)[O-])c1)c1ccccc1F. The first-order valence-electron chi connectivity index (χ1n) is 8.50. The van der Waals surface area contributed by atoms with Crippen LogP contribution in [0.4, 0.5) is 10.1 Å². The first kappa shape index (κ1) is 20.2. The number of hydrogen-bond donors (Lipinski definition) is 0. The molecule has 0 atom stereocenters. The van der Waals surface area contributed by atoms with Gasteiger partial charge < -0.3 is 4.74 Å². The van der Waals surface area contributed by atoms with E-state index in [0.29, 0.717) is 16.9 Å². The predicted molar refractivity (Wildman–Crippen MR) is 111 cm³/mol. The van der Waals surface area contributed by atoms with E-state index < -0.39 is 10.7 Å². The van der Waals surface area contributed by atoms with Crippen molar-refractivity contribution in [3.8, 4) is 11.8 Å². The van der Waals surface area contributed by atoms with Gasteiger partial charge in [0.25, 0.3) is 5.69 Å². The highest BCUT2D eigenvalue weighted by Crippen LogP contribution is 2.29. The lowest BCUT2D eigenvalue weighted by atomic mass is 10.0. The summed E-state index contributed by atoms with van der Waals surface area (Å²) in [5, 5.41) is 20.4. The smallest absolute Gasteiger partial charge is 0.269 e. The number of rotatable bonds is 6. The van der Waals surface area contributed by atoms with Gasteiger partial charge in [-0.25, -0.2) is 4.39 Å². The second-order valence-electron chi connectivity index (χ2n) is 6.05. The number of benzene rings is 3. The number of ether oxygens (including phenoxy) is 1. The van der Waals surface area contributed by atoms with E-state index in [0.717, 1.165) is 4.47 Å². The summed E-state index contributed by atoms with van der Waals surface area (Å²) in [5.74, 6) is -0.0295. The molecule has 0 saturated heterocycles. The Morgan fingerprint density at radius 3 is 2.69 bits per heavy atom. The Balaban J connectivity index is 1.92. The third kappa shape index (κ3) is 5.06. The van der Waals surface area contributed by atoms with Crippen LogP contribution in [0.2, 0.25) is 0 Å². The van der Waals surface area contributed by atoms with Gasteiger partial charge in [-0.15, -0.1) is 0 Å². The predicted octanol–water partition coefficient (Wildman–Crippen LogP) is 6.14. The van der Waals surface area contributed by atoms with Gasteiger partial charge in [0.05, 0.1) is 16.6 Å². The summed E-state index contributed by atoms with van der Waals surface area (Å²) in [6.07, 6.45) is 1.55. The Bertz CT molecular complexity index is 1140. The zero-order chi connectivity index (χ0) is 20.8. The van der Waals surface area contributed by atoms with Crippen LogP contribution in [0.1, 0.15) is 16.7 Å². The Morgan fingerprint density at radius 2 is 1.97 bits per heavy atom. The number of non-ortho nitro benzene ring substituents is 1. The topological polar surface area (TPSA) is 76.2 Å². The van der Waals surface area contributed by atoms with Gasteiger partial charge in [0.2, 0.25) is 0 Å². The van der Waals surface area contributed by atoms with Crippen molar-refractivity contribution in [2.75, 3.05) is 0 Å². The van der Waals surface area contributed by atoms with E-state index in [1.54, 1.807) is 48.5 Å². The molecule has 0 bridgehead atoms. The van der Waals surface area contributed by atoms with Crippen LogP contribution in [0.5, 0.6) is 5.75 Å². The summed E-state index contributed by atoms with van der Waals surface area (Å²) in [5.41, 5.74) is 1.53. The molecule has 5 nitrogen and oxygen atoms in total. The molecular formula is C22H14BrFN2O3. The molecule has 0 spiro atoms. The van der Waals surface area contributed by atoms with E-state index in [1.165, 1.54) is 24.3 Å². The molecule has 0 heterocycles. The number of nitro benzene ring substituents is 1. The van der Waals surface area contributed by atoms with Crippen molar-refractivity contribution in [3.63, 3.8) is 0 Å². The fourth-order valence-corrected chi connectivity index (χ4v) is 3.07. The Morgan fingerprint density at radius 1 is 1.17 bits per heavy atom. The van der Waals surface area contributed by atoms with Crippen LogP contribution in [-0.2, 0) is 6.61 Å². The molecule has 0 fully saturated rings. The standard InChI is InChI=1S/C22H14BrFN2O3/c23-18-8-9-22(29-14-15-4-3-5-19(10-15)26(27)28)16(12-18)11-17(13-25)20-6-1-2-7-21(20)24/h1-12H,14H2. The number of nitrogens with zero attached hydrogens (tertiary/aromatic N) is 2. The Labute approximate surface area is 175 Å². The molecule has 3 aromatic rings. The summed E-state index contributed by atoms with van der Waals surface area (Å²) in [7, 11) is 0. The summed E-state index contributed by atoms with van der Waals surface area (Å²) in [6.45, 7) is 0.103. The molecule has 0 unspecified atom stereocenters. The molecule has 0 aliphatic carbocycles. The largest absolute Gasteiger partial charge is 0.488 e. The summed E-state index contributed by atoms with van der Waals surface area (Å²) >= 11 is 3.38. The maximum Gasteiger partial charge on any atom is 0.269 e. The normalized spacial score (nSPS) is 11.0. The van der Waals surface area contributed by atoms with Gasteiger partial charge in [0.15, 0.2) is 0 Å². The van der Waals surface area contributed by atoms with Crippen LogP contribution in [-0.4, -0.2) is 4.92 Å². The molecule has 3 aromatic carbocycles. The van der Waals surface area contributed by atoms with Gasteiger partial charge >= 0.3 is 0 Å². The second kappa shape index (κ2) is 9.13. The summed E-state index contributed by atoms with van der Waals surface area (Å²) in [6, 6.07) is 19.5. The molecule has 0 N–H and O–H groups in total. The molecule has 0 aromatic heterocycles. The Kier molecular flexibility index (Phi) is 6.37. The highest BCUT2D eigenvalue weighted by atomic mass is 79.9. The Hall–Kier alpha value is -3.50. The zero-order valence-electron chi connectivity index (χ0n) is 15.0. The highest BCUT2D eigenvalue weighted by Gasteiger charge is 2.11. The molecule has 3 rings (SSSR count). The average molecular weight is 453 g/mol. The molecule has 0 radical (unpaired) electrons. The van der Waals surface area contributed by atoms with Gasteiger partial charge in [-0.2, -0.15) is 5.26 Å². The zero-order valence-corrected chi connectivity index (χ0v) is 16.6. The highest BCUT2D eigenvalue weighted by molar-refractivity contribution is 9.10. The lowest BCUT2D eigenvalue weighted by Gasteiger charge is -2.11. The third-order valence-electron chi connectivity index (χ3n) is 4.07. The van der Waals surface area contributed by atoms with Crippen LogP contribution in [0.3, 0.4) is 0 Å². The van der Waals surface area contributed by atoms with Crippen molar-refractivity contribution in [1.82, 2.24) is 0 Å². The van der Waals surface area contributed by atoms with E-state index in [2.05, 4.69) is 15.9 Å². The molecule has 0 saturated carbocycles. The molecule has 0 aliphatic heterocycles. The first-order chi connectivity index (χ1) is 14.0.